The van der Waals surface area contributed by atoms with Crippen LogP contribution in [0.2, 0.25) is 0 Å². The van der Waals surface area contributed by atoms with Crippen LogP contribution in [0.25, 0.3) is 0 Å². The van der Waals surface area contributed by atoms with E-state index in [-0.39, 0.29) is 30.0 Å². The van der Waals surface area contributed by atoms with Crippen molar-refractivity contribution in [2.45, 2.75) is 6.54 Å². The maximum atomic E-state index is 12.9. The van der Waals surface area contributed by atoms with Crippen molar-refractivity contribution in [3.8, 4) is 11.5 Å². The second-order valence-electron chi connectivity index (χ2n) is 7.63. The lowest BCUT2D eigenvalue weighted by atomic mass is 10.1. The summed E-state index contributed by atoms with van der Waals surface area (Å²) in [7, 11) is 0. The lowest BCUT2D eigenvalue weighted by Gasteiger charge is -2.14. The Balaban J connectivity index is 1.25. The molecule has 0 unspecified atom stereocenters. The fourth-order valence-corrected chi connectivity index (χ4v) is 3.72. The third-order valence-corrected chi connectivity index (χ3v) is 5.38. The molecular weight excluding hydrogens is 440 g/mol. The number of carbonyl (C=O) groups is 4. The molecule has 9 nitrogen and oxygen atoms in total. The second-order valence-corrected chi connectivity index (χ2v) is 7.63. The van der Waals surface area contributed by atoms with E-state index in [9.17, 15) is 19.2 Å². The van der Waals surface area contributed by atoms with Gasteiger partial charge in [0, 0.05) is 5.69 Å². The van der Waals surface area contributed by atoms with E-state index in [4.69, 9.17) is 14.2 Å². The van der Waals surface area contributed by atoms with Gasteiger partial charge in [0.2, 0.25) is 6.79 Å². The molecule has 2 aliphatic heterocycles. The number of nitrogens with zero attached hydrogens (tertiary/aromatic N) is 1. The monoisotopic (exact) mass is 458 g/mol. The van der Waals surface area contributed by atoms with E-state index in [1.54, 1.807) is 42.5 Å². The van der Waals surface area contributed by atoms with Crippen LogP contribution in [0, 0.1) is 0 Å². The topological polar surface area (TPSA) is 111 Å². The van der Waals surface area contributed by atoms with E-state index >= 15 is 0 Å². The highest BCUT2D eigenvalue weighted by atomic mass is 16.7. The molecule has 0 atom stereocenters. The van der Waals surface area contributed by atoms with Gasteiger partial charge in [0.1, 0.15) is 0 Å². The first-order valence-electron chi connectivity index (χ1n) is 10.4. The molecule has 3 aromatic rings. The Hall–Kier alpha value is -4.66. The quantitative estimate of drug-likeness (QED) is 0.446. The Morgan fingerprint density at radius 3 is 2.47 bits per heavy atom. The van der Waals surface area contributed by atoms with Crippen molar-refractivity contribution in [2.24, 2.45) is 0 Å². The summed E-state index contributed by atoms with van der Waals surface area (Å²) < 4.78 is 15.7. The maximum absolute atomic E-state index is 12.9. The van der Waals surface area contributed by atoms with E-state index < -0.39 is 30.3 Å². The highest BCUT2D eigenvalue weighted by Crippen LogP contribution is 2.34. The van der Waals surface area contributed by atoms with E-state index in [1.807, 2.05) is 6.07 Å². The van der Waals surface area contributed by atoms with Gasteiger partial charge in [-0.1, -0.05) is 24.3 Å². The van der Waals surface area contributed by atoms with Crippen LogP contribution in [-0.4, -0.2) is 42.0 Å². The first kappa shape index (κ1) is 21.2. The summed E-state index contributed by atoms with van der Waals surface area (Å²) in [6, 6.07) is 18.1. The zero-order chi connectivity index (χ0) is 23.7. The molecule has 2 heterocycles. The van der Waals surface area contributed by atoms with Crippen molar-refractivity contribution in [3.63, 3.8) is 0 Å². The van der Waals surface area contributed by atoms with Gasteiger partial charge in [0.25, 0.3) is 17.7 Å². The predicted molar refractivity (Wildman–Crippen MR) is 119 cm³/mol. The normalized spacial score (nSPS) is 13.6. The van der Waals surface area contributed by atoms with Crippen molar-refractivity contribution in [1.82, 2.24) is 4.90 Å². The van der Waals surface area contributed by atoms with Crippen LogP contribution in [0.3, 0.4) is 0 Å². The number of esters is 1. The van der Waals surface area contributed by atoms with Gasteiger partial charge >= 0.3 is 5.97 Å². The van der Waals surface area contributed by atoms with E-state index in [2.05, 4.69) is 5.32 Å². The molecule has 34 heavy (non-hydrogen) atoms. The Kier molecular flexibility index (Phi) is 5.43. The number of fused-ring (bicyclic) bond motifs is 2. The zero-order valence-corrected chi connectivity index (χ0v) is 17.8. The lowest BCUT2D eigenvalue weighted by molar-refractivity contribution is -0.119. The lowest BCUT2D eigenvalue weighted by Crippen LogP contribution is -2.29. The number of amides is 3. The summed E-state index contributed by atoms with van der Waals surface area (Å²) in [5, 5.41) is 2.61. The van der Waals surface area contributed by atoms with Crippen LogP contribution in [0.5, 0.6) is 11.5 Å². The van der Waals surface area contributed by atoms with Crippen molar-refractivity contribution >= 4 is 29.4 Å². The summed E-state index contributed by atoms with van der Waals surface area (Å²) >= 11 is 0. The number of rotatable bonds is 6. The standard InChI is InChI=1S/C25H18N2O7/c28-22(26-17-4-2-1-3-5-17)13-32-25(31)16-7-8-18-19(11-16)24(30)27(23(18)29)12-15-6-9-20-21(10-15)34-14-33-20/h1-11H,12-14H2,(H,26,28). The van der Waals surface area contributed by atoms with E-state index in [0.29, 0.717) is 22.7 Å². The molecule has 0 aromatic heterocycles. The van der Waals surface area contributed by atoms with Crippen molar-refractivity contribution < 1.29 is 33.4 Å². The van der Waals surface area contributed by atoms with Gasteiger partial charge in [0.15, 0.2) is 18.1 Å². The number of hydrogen-bond donors (Lipinski definition) is 1. The van der Waals surface area contributed by atoms with Gasteiger partial charge in [-0.25, -0.2) is 4.79 Å². The largest absolute Gasteiger partial charge is 0.454 e. The van der Waals surface area contributed by atoms with E-state index in [0.717, 1.165) is 4.90 Å². The molecule has 0 spiro atoms. The Bertz CT molecular complexity index is 1320. The molecule has 9 heteroatoms. The summed E-state index contributed by atoms with van der Waals surface area (Å²) in [5.41, 5.74) is 1.64. The van der Waals surface area contributed by atoms with Gasteiger partial charge in [-0.3, -0.25) is 19.3 Å². The molecule has 0 saturated carbocycles. The van der Waals surface area contributed by atoms with Crippen LogP contribution < -0.4 is 14.8 Å². The van der Waals surface area contributed by atoms with Crippen LogP contribution in [-0.2, 0) is 16.1 Å². The molecule has 3 aromatic carbocycles. The number of ether oxygens (including phenoxy) is 3. The number of para-hydroxylation sites is 1. The molecule has 1 N–H and O–H groups in total. The number of imide groups is 1. The molecule has 3 amide bonds. The van der Waals surface area contributed by atoms with E-state index in [1.165, 1.54) is 18.2 Å². The van der Waals surface area contributed by atoms with Gasteiger partial charge in [-0.05, 0) is 48.0 Å². The number of carbonyl (C=O) groups excluding carboxylic acids is 4. The molecule has 5 rings (SSSR count). The summed E-state index contributed by atoms with van der Waals surface area (Å²) in [4.78, 5) is 51.3. The van der Waals surface area contributed by atoms with Crippen LogP contribution in [0.15, 0.2) is 66.7 Å². The van der Waals surface area contributed by atoms with Crippen LogP contribution in [0.4, 0.5) is 5.69 Å². The average molecular weight is 458 g/mol. The van der Waals surface area contributed by atoms with Gasteiger partial charge in [-0.15, -0.1) is 0 Å². The minimum atomic E-state index is -0.777. The van der Waals surface area contributed by atoms with Crippen molar-refractivity contribution in [3.05, 3.63) is 89.0 Å². The van der Waals surface area contributed by atoms with Crippen LogP contribution in [0.1, 0.15) is 36.6 Å². The van der Waals surface area contributed by atoms with Crippen molar-refractivity contribution in [2.75, 3.05) is 18.7 Å². The fraction of sp³-hybridized carbons (Fsp3) is 0.120. The van der Waals surface area contributed by atoms with Crippen molar-refractivity contribution in [1.29, 1.82) is 0 Å². The fourth-order valence-electron chi connectivity index (χ4n) is 3.72. The first-order valence-corrected chi connectivity index (χ1v) is 10.4. The van der Waals surface area contributed by atoms with Gasteiger partial charge < -0.3 is 19.5 Å². The molecule has 0 bridgehead atoms. The average Bonchev–Trinajstić information content (AvgIpc) is 3.41. The Morgan fingerprint density at radius 1 is 0.882 bits per heavy atom. The zero-order valence-electron chi connectivity index (χ0n) is 17.8. The Labute approximate surface area is 193 Å². The summed E-state index contributed by atoms with van der Waals surface area (Å²) in [5.74, 6) is -1.10. The minimum Gasteiger partial charge on any atom is -0.454 e. The summed E-state index contributed by atoms with van der Waals surface area (Å²) in [6.45, 7) is -0.324. The molecule has 0 aliphatic carbocycles. The molecule has 0 radical (unpaired) electrons. The molecular formula is C25H18N2O7. The van der Waals surface area contributed by atoms with Gasteiger partial charge in [0.05, 0.1) is 23.2 Å². The number of benzene rings is 3. The first-order chi connectivity index (χ1) is 16.5. The minimum absolute atomic E-state index is 0.0441. The molecule has 0 fully saturated rings. The number of anilines is 1. The maximum Gasteiger partial charge on any atom is 0.338 e. The highest BCUT2D eigenvalue weighted by Gasteiger charge is 2.36. The molecule has 170 valence electrons. The molecule has 2 aliphatic rings. The number of nitrogens with one attached hydrogen (secondary N) is 1. The smallest absolute Gasteiger partial charge is 0.338 e. The van der Waals surface area contributed by atoms with Gasteiger partial charge in [-0.2, -0.15) is 0 Å². The predicted octanol–water partition coefficient (Wildman–Crippen LogP) is 3.01. The third-order valence-electron chi connectivity index (χ3n) is 5.38. The highest BCUT2D eigenvalue weighted by molar-refractivity contribution is 6.21. The van der Waals surface area contributed by atoms with Crippen LogP contribution >= 0.6 is 0 Å². The third kappa shape index (κ3) is 4.06. The number of hydrogen-bond acceptors (Lipinski definition) is 7. The summed E-state index contributed by atoms with van der Waals surface area (Å²) in [6.07, 6.45) is 0. The SMILES string of the molecule is O=C(COC(=O)c1ccc2c(c1)C(=O)N(Cc1ccc3c(c1)OCO3)C2=O)Nc1ccccc1. The second kappa shape index (κ2) is 8.70. The Morgan fingerprint density at radius 2 is 1.65 bits per heavy atom. The molecule has 0 saturated heterocycles.